The van der Waals surface area contributed by atoms with E-state index >= 15 is 0 Å². The lowest BCUT2D eigenvalue weighted by Crippen LogP contribution is -2.52. The third kappa shape index (κ3) is 4.72. The molecule has 0 radical (unpaired) electrons. The van der Waals surface area contributed by atoms with Gasteiger partial charge in [-0.05, 0) is 25.5 Å². The second-order valence-electron chi connectivity index (χ2n) is 5.62. The third-order valence-electron chi connectivity index (χ3n) is 3.85. The van der Waals surface area contributed by atoms with Crippen LogP contribution in [0.1, 0.15) is 30.1 Å². The lowest BCUT2D eigenvalue weighted by molar-refractivity contribution is -0.134. The van der Waals surface area contributed by atoms with Gasteiger partial charge >= 0.3 is 0 Å². The molecule has 0 saturated carbocycles. The molecule has 1 saturated heterocycles. The average Bonchev–Trinajstić information content (AvgIpc) is 2.51. The summed E-state index contributed by atoms with van der Waals surface area (Å²) in [7, 11) is 0. The fraction of sp³-hybridized carbons (Fsp3) is 0.500. The minimum Gasteiger partial charge on any atom is -0.352 e. The van der Waals surface area contributed by atoms with E-state index in [0.29, 0.717) is 25.5 Å². The van der Waals surface area contributed by atoms with Crippen LogP contribution in [-0.2, 0) is 4.79 Å². The molecule has 0 aliphatic carbocycles. The Bertz CT molecular complexity index is 580. The Balaban J connectivity index is 1.74. The average molecular weight is 325 g/mol. The van der Waals surface area contributed by atoms with Crippen molar-refractivity contribution in [1.29, 1.82) is 0 Å². The molecule has 7 heteroatoms. The quantitative estimate of drug-likeness (QED) is 0.802. The minimum atomic E-state index is -0.895. The number of amides is 2. The van der Waals surface area contributed by atoms with Gasteiger partial charge in [0.15, 0.2) is 0 Å². The molecule has 1 aromatic rings. The van der Waals surface area contributed by atoms with E-state index in [-0.39, 0.29) is 24.1 Å². The molecule has 1 aromatic carbocycles. The van der Waals surface area contributed by atoms with Crippen LogP contribution in [0.4, 0.5) is 8.78 Å². The normalized spacial score (nSPS) is 17.9. The maximum Gasteiger partial charge on any atom is 0.254 e. The largest absolute Gasteiger partial charge is 0.352 e. The molecular weight excluding hydrogens is 304 g/mol. The maximum atomic E-state index is 13.5. The van der Waals surface area contributed by atoms with E-state index in [1.165, 1.54) is 0 Å². The number of hydrogen-bond acceptors (Lipinski definition) is 3. The van der Waals surface area contributed by atoms with Gasteiger partial charge in [-0.1, -0.05) is 0 Å². The van der Waals surface area contributed by atoms with Crippen LogP contribution in [0.15, 0.2) is 18.2 Å². The first-order valence-corrected chi connectivity index (χ1v) is 7.72. The van der Waals surface area contributed by atoms with Crippen LogP contribution in [0.2, 0.25) is 0 Å². The van der Waals surface area contributed by atoms with Gasteiger partial charge < -0.3 is 15.5 Å². The number of halogens is 2. The summed E-state index contributed by atoms with van der Waals surface area (Å²) in [5, 5.41) is 5.76. The zero-order chi connectivity index (χ0) is 16.8. The number of carbonyl (C=O) groups is 2. The monoisotopic (exact) mass is 325 g/mol. The number of nitrogens with one attached hydrogen (secondary N) is 2. The summed E-state index contributed by atoms with van der Waals surface area (Å²) in [6.45, 7) is 4.52. The molecule has 2 amide bonds. The van der Waals surface area contributed by atoms with Gasteiger partial charge in [0.2, 0.25) is 5.91 Å². The van der Waals surface area contributed by atoms with Gasteiger partial charge in [-0.3, -0.25) is 9.59 Å². The highest BCUT2D eigenvalue weighted by molar-refractivity contribution is 5.94. The first-order chi connectivity index (χ1) is 11.0. The molecule has 126 valence electrons. The van der Waals surface area contributed by atoms with Crippen molar-refractivity contribution in [3.05, 3.63) is 35.4 Å². The summed E-state index contributed by atoms with van der Waals surface area (Å²) in [5.74, 6) is -2.17. The van der Waals surface area contributed by atoms with Crippen LogP contribution < -0.4 is 10.6 Å². The van der Waals surface area contributed by atoms with E-state index in [0.717, 1.165) is 25.2 Å². The number of carbonyl (C=O) groups excluding carboxylic acids is 2. The molecule has 2 rings (SSSR count). The SMILES string of the molecule is CC1CNCCN1C(=O)CCCNC(=O)c1ccc(F)cc1F. The molecule has 0 spiro atoms. The van der Waals surface area contributed by atoms with Gasteiger partial charge in [-0.15, -0.1) is 0 Å². The molecule has 23 heavy (non-hydrogen) atoms. The van der Waals surface area contributed by atoms with E-state index in [4.69, 9.17) is 0 Å². The van der Waals surface area contributed by atoms with Crippen molar-refractivity contribution >= 4 is 11.8 Å². The van der Waals surface area contributed by atoms with Crippen molar-refractivity contribution in [1.82, 2.24) is 15.5 Å². The Morgan fingerprint density at radius 3 is 2.87 bits per heavy atom. The Hall–Kier alpha value is -2.02. The van der Waals surface area contributed by atoms with Crippen LogP contribution in [-0.4, -0.2) is 48.9 Å². The molecule has 0 aromatic heterocycles. The molecule has 5 nitrogen and oxygen atoms in total. The van der Waals surface area contributed by atoms with E-state index in [2.05, 4.69) is 10.6 Å². The Labute approximate surface area is 134 Å². The fourth-order valence-corrected chi connectivity index (χ4v) is 2.57. The zero-order valence-corrected chi connectivity index (χ0v) is 13.1. The van der Waals surface area contributed by atoms with Crippen molar-refractivity contribution < 1.29 is 18.4 Å². The predicted octanol–water partition coefficient (Wildman–Crippen LogP) is 1.30. The topological polar surface area (TPSA) is 61.4 Å². The Morgan fingerprint density at radius 1 is 1.39 bits per heavy atom. The molecule has 1 unspecified atom stereocenters. The second-order valence-corrected chi connectivity index (χ2v) is 5.62. The van der Waals surface area contributed by atoms with Gasteiger partial charge in [0, 0.05) is 44.7 Å². The second kappa shape index (κ2) is 8.01. The van der Waals surface area contributed by atoms with Gasteiger partial charge in [-0.2, -0.15) is 0 Å². The minimum absolute atomic E-state index is 0.0567. The van der Waals surface area contributed by atoms with Crippen molar-refractivity contribution in [2.75, 3.05) is 26.2 Å². The van der Waals surface area contributed by atoms with Crippen LogP contribution in [0.3, 0.4) is 0 Å². The van der Waals surface area contributed by atoms with Crippen LogP contribution in [0.25, 0.3) is 0 Å². The van der Waals surface area contributed by atoms with Gasteiger partial charge in [-0.25, -0.2) is 8.78 Å². The number of nitrogens with zero attached hydrogens (tertiary/aromatic N) is 1. The molecule has 1 fully saturated rings. The molecule has 1 aliphatic heterocycles. The van der Waals surface area contributed by atoms with E-state index in [1.807, 2.05) is 11.8 Å². The molecule has 1 heterocycles. The maximum absolute atomic E-state index is 13.5. The molecule has 2 N–H and O–H groups in total. The summed E-state index contributed by atoms with van der Waals surface area (Å²) < 4.78 is 26.3. The van der Waals surface area contributed by atoms with E-state index < -0.39 is 17.5 Å². The summed E-state index contributed by atoms with van der Waals surface area (Å²) in [5.41, 5.74) is -0.201. The van der Waals surface area contributed by atoms with Crippen LogP contribution in [0, 0.1) is 11.6 Å². The Kier molecular flexibility index (Phi) is 6.04. The molecular formula is C16H21F2N3O2. The van der Waals surface area contributed by atoms with Crippen LogP contribution in [0.5, 0.6) is 0 Å². The first-order valence-electron chi connectivity index (χ1n) is 7.72. The van der Waals surface area contributed by atoms with Gasteiger partial charge in [0.25, 0.3) is 5.91 Å². The summed E-state index contributed by atoms with van der Waals surface area (Å²) in [6, 6.07) is 2.98. The number of piperazine rings is 1. The third-order valence-corrected chi connectivity index (χ3v) is 3.85. The molecule has 1 atom stereocenters. The summed E-state index contributed by atoms with van der Waals surface area (Å²) in [4.78, 5) is 25.7. The zero-order valence-electron chi connectivity index (χ0n) is 13.1. The smallest absolute Gasteiger partial charge is 0.254 e. The molecule has 0 bridgehead atoms. The van der Waals surface area contributed by atoms with Crippen LogP contribution >= 0.6 is 0 Å². The number of hydrogen-bond donors (Lipinski definition) is 2. The highest BCUT2D eigenvalue weighted by atomic mass is 19.1. The van der Waals surface area contributed by atoms with Gasteiger partial charge in [0.05, 0.1) is 5.56 Å². The standard InChI is InChI=1S/C16H21F2N3O2/c1-11-10-19-7-8-21(11)15(22)3-2-6-20-16(23)13-5-4-12(17)9-14(13)18/h4-5,9,11,19H,2-3,6-8,10H2,1H3,(H,20,23). The number of benzene rings is 1. The highest BCUT2D eigenvalue weighted by Gasteiger charge is 2.22. The lowest BCUT2D eigenvalue weighted by atomic mass is 10.1. The first kappa shape index (κ1) is 17.3. The van der Waals surface area contributed by atoms with Crippen molar-refractivity contribution in [2.24, 2.45) is 0 Å². The lowest BCUT2D eigenvalue weighted by Gasteiger charge is -2.34. The number of rotatable bonds is 5. The van der Waals surface area contributed by atoms with Crippen molar-refractivity contribution in [3.63, 3.8) is 0 Å². The van der Waals surface area contributed by atoms with E-state index in [9.17, 15) is 18.4 Å². The predicted molar refractivity (Wildman–Crippen MR) is 82.0 cm³/mol. The van der Waals surface area contributed by atoms with Gasteiger partial charge in [0.1, 0.15) is 11.6 Å². The highest BCUT2D eigenvalue weighted by Crippen LogP contribution is 2.10. The van der Waals surface area contributed by atoms with E-state index in [1.54, 1.807) is 0 Å². The summed E-state index contributed by atoms with van der Waals surface area (Å²) >= 11 is 0. The fourth-order valence-electron chi connectivity index (χ4n) is 2.57. The molecule has 1 aliphatic rings. The van der Waals surface area contributed by atoms with Crippen molar-refractivity contribution in [2.45, 2.75) is 25.8 Å². The Morgan fingerprint density at radius 2 is 2.17 bits per heavy atom. The van der Waals surface area contributed by atoms with Crippen molar-refractivity contribution in [3.8, 4) is 0 Å². The summed E-state index contributed by atoms with van der Waals surface area (Å²) in [6.07, 6.45) is 0.806.